The maximum atomic E-state index is 16.1. The molecule has 260 valence electrons. The Morgan fingerprint density at radius 2 is 0.889 bits per heavy atom. The summed E-state index contributed by atoms with van der Waals surface area (Å²) in [6.07, 6.45) is 0. The van der Waals surface area contributed by atoms with Crippen LogP contribution in [0.25, 0.3) is 43.4 Å². The molecule has 0 N–H and O–H groups in total. The summed E-state index contributed by atoms with van der Waals surface area (Å²) in [5.74, 6) is 0. The van der Waals surface area contributed by atoms with E-state index in [1.807, 2.05) is 97.1 Å². The second-order valence-corrected chi connectivity index (χ2v) is 19.6. The summed E-state index contributed by atoms with van der Waals surface area (Å²) in [4.78, 5) is 0. The minimum absolute atomic E-state index is 0.783. The van der Waals surface area contributed by atoms with Crippen molar-refractivity contribution in [2.75, 3.05) is 0 Å². The third-order valence-corrected chi connectivity index (χ3v) is 17.0. The highest BCUT2D eigenvalue weighted by molar-refractivity contribution is 7.86. The lowest BCUT2D eigenvalue weighted by atomic mass is 9.98. The number of benzene rings is 9. The van der Waals surface area contributed by atoms with Gasteiger partial charge in [-0.2, -0.15) is 0 Å². The van der Waals surface area contributed by atoms with Crippen LogP contribution >= 0.6 is 14.3 Å². The zero-order valence-electron chi connectivity index (χ0n) is 30.2. The van der Waals surface area contributed by atoms with Crippen LogP contribution in [-0.2, 0) is 9.13 Å². The fourth-order valence-electron chi connectivity index (χ4n) is 7.94. The topological polar surface area (TPSA) is 34.1 Å². The Hall–Kier alpha value is -5.78. The second-order valence-electron chi connectivity index (χ2n) is 14.1. The van der Waals surface area contributed by atoms with Crippen LogP contribution < -0.4 is 31.8 Å². The Morgan fingerprint density at radius 3 is 1.67 bits per heavy atom. The molecule has 0 heterocycles. The van der Waals surface area contributed by atoms with Crippen LogP contribution in [0, 0.1) is 13.8 Å². The number of aryl methyl sites for hydroxylation is 2. The molecule has 0 radical (unpaired) electrons. The van der Waals surface area contributed by atoms with Crippen molar-refractivity contribution in [1.82, 2.24) is 0 Å². The molecule has 0 spiro atoms. The normalized spacial score (nSPS) is 13.8. The highest BCUT2D eigenvalue weighted by Crippen LogP contribution is 2.48. The molecule has 0 aromatic heterocycles. The van der Waals surface area contributed by atoms with Gasteiger partial charge in [0.2, 0.25) is 0 Å². The van der Waals surface area contributed by atoms with E-state index in [1.165, 1.54) is 5.56 Å². The number of rotatable bonds is 7. The van der Waals surface area contributed by atoms with Crippen LogP contribution in [0.1, 0.15) is 11.1 Å². The van der Waals surface area contributed by atoms with E-state index in [9.17, 15) is 0 Å². The van der Waals surface area contributed by atoms with Gasteiger partial charge in [-0.1, -0.05) is 193 Å². The number of hydrogen-bond acceptors (Lipinski definition) is 2. The largest absolute Gasteiger partial charge is 0.309 e. The van der Waals surface area contributed by atoms with Gasteiger partial charge in [-0.25, -0.2) is 0 Å². The van der Waals surface area contributed by atoms with Crippen LogP contribution in [0.2, 0.25) is 0 Å². The molecule has 9 aromatic rings. The molecule has 0 aliphatic heterocycles. The maximum absolute atomic E-state index is 16.1. The van der Waals surface area contributed by atoms with Crippen LogP contribution in [-0.4, -0.2) is 0 Å². The van der Waals surface area contributed by atoms with E-state index in [0.29, 0.717) is 0 Å². The van der Waals surface area contributed by atoms with Crippen molar-refractivity contribution in [2.24, 2.45) is 0 Å². The summed E-state index contributed by atoms with van der Waals surface area (Å²) in [7, 11) is -6.57. The lowest BCUT2D eigenvalue weighted by molar-refractivity contribution is 0.592. The predicted molar refractivity (Wildman–Crippen MR) is 233 cm³/mol. The zero-order valence-corrected chi connectivity index (χ0v) is 32.0. The van der Waals surface area contributed by atoms with Gasteiger partial charge in [0.1, 0.15) is 0 Å². The van der Waals surface area contributed by atoms with Gasteiger partial charge in [0.15, 0.2) is 14.3 Å². The Morgan fingerprint density at radius 1 is 0.333 bits per heavy atom. The van der Waals surface area contributed by atoms with Crippen LogP contribution in [0.15, 0.2) is 194 Å². The van der Waals surface area contributed by atoms with Gasteiger partial charge in [0.25, 0.3) is 0 Å². The summed E-state index contributed by atoms with van der Waals surface area (Å²) in [6.45, 7) is 4.15. The SMILES string of the molecule is Cc1ccc(P(=O)(c2cccc3ccccc23)c2ccc(-c3ccc(P(=O)(c4ccccc4)c4ccc5ccc(C)cc5c4)cc3)c3ccccc23)cc1. The average Bonchev–Trinajstić information content (AvgIpc) is 3.23. The molecule has 2 unspecified atom stereocenters. The molecular weight excluding hydrogens is 694 g/mol. The van der Waals surface area contributed by atoms with E-state index in [-0.39, 0.29) is 0 Å². The molecule has 0 aliphatic rings. The van der Waals surface area contributed by atoms with Gasteiger partial charge in [0, 0.05) is 31.8 Å². The summed E-state index contributed by atoms with van der Waals surface area (Å²) in [5, 5.41) is 11.1. The molecule has 0 amide bonds. The highest BCUT2D eigenvalue weighted by atomic mass is 31.2. The molecule has 0 saturated carbocycles. The minimum atomic E-state index is -3.35. The average molecular weight is 733 g/mol. The molecule has 2 nitrogen and oxygen atoms in total. The highest BCUT2D eigenvalue weighted by Gasteiger charge is 2.34. The molecule has 9 aromatic carbocycles. The van der Waals surface area contributed by atoms with Gasteiger partial charge < -0.3 is 9.13 Å². The molecule has 0 bridgehead atoms. The molecule has 2 atom stereocenters. The summed E-state index contributed by atoms with van der Waals surface area (Å²) in [6, 6.07) is 65.6. The molecule has 4 heteroatoms. The van der Waals surface area contributed by atoms with Gasteiger partial charge in [-0.05, 0) is 69.4 Å². The van der Waals surface area contributed by atoms with Gasteiger partial charge in [-0.15, -0.1) is 0 Å². The fourth-order valence-corrected chi connectivity index (χ4v) is 13.6. The van der Waals surface area contributed by atoms with E-state index in [1.54, 1.807) is 0 Å². The molecule has 0 aliphatic carbocycles. The monoisotopic (exact) mass is 732 g/mol. The summed E-state index contributed by atoms with van der Waals surface area (Å²) < 4.78 is 31.6. The Labute approximate surface area is 316 Å². The summed E-state index contributed by atoms with van der Waals surface area (Å²) >= 11 is 0. The first kappa shape index (κ1) is 34.0. The Balaban J connectivity index is 1.20. The first-order chi connectivity index (χ1) is 26.3. The molecule has 0 saturated heterocycles. The van der Waals surface area contributed by atoms with Crippen molar-refractivity contribution < 1.29 is 9.13 Å². The second kappa shape index (κ2) is 13.6. The van der Waals surface area contributed by atoms with Crippen molar-refractivity contribution in [2.45, 2.75) is 13.8 Å². The number of hydrogen-bond donors (Lipinski definition) is 0. The van der Waals surface area contributed by atoms with Crippen molar-refractivity contribution in [1.29, 1.82) is 0 Å². The van der Waals surface area contributed by atoms with Crippen LogP contribution in [0.3, 0.4) is 0 Å². The third-order valence-electron chi connectivity index (χ3n) is 10.7. The Kier molecular flexibility index (Phi) is 8.55. The van der Waals surface area contributed by atoms with Crippen molar-refractivity contribution in [3.8, 4) is 11.1 Å². The third kappa shape index (κ3) is 5.66. The van der Waals surface area contributed by atoms with E-state index >= 15 is 9.13 Å². The van der Waals surface area contributed by atoms with E-state index in [2.05, 4.69) is 111 Å². The van der Waals surface area contributed by atoms with Crippen molar-refractivity contribution in [3.05, 3.63) is 205 Å². The first-order valence-corrected chi connectivity index (χ1v) is 21.7. The van der Waals surface area contributed by atoms with Crippen molar-refractivity contribution in [3.63, 3.8) is 0 Å². The number of fused-ring (bicyclic) bond motifs is 3. The maximum Gasteiger partial charge on any atom is 0.172 e. The summed E-state index contributed by atoms with van der Waals surface area (Å²) in [5.41, 5.74) is 4.33. The van der Waals surface area contributed by atoms with Crippen LogP contribution in [0.5, 0.6) is 0 Å². The molecule has 0 fully saturated rings. The smallest absolute Gasteiger partial charge is 0.172 e. The van der Waals surface area contributed by atoms with Crippen LogP contribution in [0.4, 0.5) is 0 Å². The molecule has 54 heavy (non-hydrogen) atoms. The fraction of sp³-hybridized carbons (Fsp3) is 0.0400. The lowest BCUT2D eigenvalue weighted by Gasteiger charge is -2.24. The minimum Gasteiger partial charge on any atom is -0.309 e. The zero-order chi connectivity index (χ0) is 36.9. The van der Waals surface area contributed by atoms with E-state index in [4.69, 9.17) is 0 Å². The van der Waals surface area contributed by atoms with Gasteiger partial charge in [-0.3, -0.25) is 0 Å². The predicted octanol–water partition coefficient (Wildman–Crippen LogP) is 10.7. The van der Waals surface area contributed by atoms with Gasteiger partial charge >= 0.3 is 0 Å². The first-order valence-electron chi connectivity index (χ1n) is 18.3. The standard InChI is InChI=1S/C50H38O2P2/c1-35-20-26-43(27-21-35)54(52,49-18-10-12-38-11-6-7-15-46(38)49)50-32-31-45(47-16-8-9-17-48(47)50)39-24-28-42(29-25-39)53(51,41-13-4-3-5-14-41)44-30-23-37-22-19-36(2)33-40(37)34-44/h3-34H,1-2H3. The van der Waals surface area contributed by atoms with Gasteiger partial charge in [0.05, 0.1) is 0 Å². The van der Waals surface area contributed by atoms with E-state index in [0.717, 1.165) is 80.8 Å². The lowest BCUT2D eigenvalue weighted by Crippen LogP contribution is -2.26. The van der Waals surface area contributed by atoms with E-state index < -0.39 is 14.3 Å². The molecule has 9 rings (SSSR count). The van der Waals surface area contributed by atoms with Crippen molar-refractivity contribution >= 4 is 78.4 Å². The Bertz CT molecular complexity index is 2940. The molecular formula is C50H38O2P2. The quantitative estimate of drug-likeness (QED) is 0.153.